The van der Waals surface area contributed by atoms with E-state index < -0.39 is 5.97 Å². The summed E-state index contributed by atoms with van der Waals surface area (Å²) in [5.41, 5.74) is 3.63. The third kappa shape index (κ3) is 3.64. The van der Waals surface area contributed by atoms with Crippen LogP contribution in [0.25, 0.3) is 11.1 Å². The summed E-state index contributed by atoms with van der Waals surface area (Å²) in [7, 11) is 1.70. The second-order valence-corrected chi connectivity index (χ2v) is 6.19. The van der Waals surface area contributed by atoms with E-state index in [2.05, 4.69) is 0 Å². The van der Waals surface area contributed by atoms with E-state index in [9.17, 15) is 9.59 Å². The molecule has 0 amide bonds. The van der Waals surface area contributed by atoms with Crippen LogP contribution in [-0.2, 0) is 18.3 Å². The van der Waals surface area contributed by atoms with Gasteiger partial charge in [-0.25, -0.2) is 0 Å². The normalized spacial score (nSPS) is 10.6. The topological polar surface area (TPSA) is 59.3 Å². The number of hydrogen-bond donors (Lipinski definition) is 1. The number of halogens is 1. The van der Waals surface area contributed by atoms with E-state index in [0.29, 0.717) is 22.0 Å². The molecule has 1 N–H and O–H groups in total. The number of carboxylic acid groups (broad SMARTS) is 1. The Labute approximate surface area is 150 Å². The first-order chi connectivity index (χ1) is 12.0. The van der Waals surface area contributed by atoms with Crippen molar-refractivity contribution < 1.29 is 14.7 Å². The lowest BCUT2D eigenvalue weighted by atomic mass is 10.0. The third-order valence-electron chi connectivity index (χ3n) is 4.12. The van der Waals surface area contributed by atoms with E-state index in [1.165, 1.54) is 0 Å². The molecule has 25 heavy (non-hydrogen) atoms. The number of ketones is 1. The number of carbonyl (C=O) groups is 2. The van der Waals surface area contributed by atoms with Crippen molar-refractivity contribution in [2.75, 3.05) is 0 Å². The highest BCUT2D eigenvalue weighted by Gasteiger charge is 2.16. The second kappa shape index (κ2) is 6.95. The van der Waals surface area contributed by atoms with Crippen molar-refractivity contribution in [2.24, 2.45) is 7.05 Å². The van der Waals surface area contributed by atoms with Crippen LogP contribution in [0.4, 0.5) is 0 Å². The van der Waals surface area contributed by atoms with E-state index in [0.717, 1.165) is 11.1 Å². The van der Waals surface area contributed by atoms with Gasteiger partial charge in [-0.3, -0.25) is 9.59 Å². The molecule has 0 aliphatic heterocycles. The molecule has 4 nitrogen and oxygen atoms in total. The van der Waals surface area contributed by atoms with Gasteiger partial charge < -0.3 is 9.67 Å². The van der Waals surface area contributed by atoms with Gasteiger partial charge in [0.2, 0.25) is 5.78 Å². The molecule has 1 heterocycles. The predicted octanol–water partition coefficient (Wildman–Crippen LogP) is 4.20. The van der Waals surface area contributed by atoms with E-state index in [1.807, 2.05) is 36.4 Å². The highest BCUT2D eigenvalue weighted by atomic mass is 35.5. The zero-order chi connectivity index (χ0) is 18.0. The number of carbonyl (C=O) groups excluding carboxylic acids is 1. The van der Waals surface area contributed by atoms with Gasteiger partial charge in [0.1, 0.15) is 0 Å². The maximum Gasteiger partial charge on any atom is 0.309 e. The minimum absolute atomic E-state index is 0.112. The smallest absolute Gasteiger partial charge is 0.309 e. The molecule has 0 aliphatic rings. The van der Waals surface area contributed by atoms with E-state index >= 15 is 0 Å². The molecule has 0 bridgehead atoms. The summed E-state index contributed by atoms with van der Waals surface area (Å²) in [5, 5.41) is 9.58. The molecule has 0 aliphatic carbocycles. The summed E-state index contributed by atoms with van der Waals surface area (Å²) < 4.78 is 1.63. The number of nitrogens with zero attached hydrogens (tertiary/aromatic N) is 1. The Morgan fingerprint density at radius 1 is 0.920 bits per heavy atom. The maximum absolute atomic E-state index is 12.7. The number of benzene rings is 2. The van der Waals surface area contributed by atoms with Crippen LogP contribution in [-0.4, -0.2) is 21.4 Å². The van der Waals surface area contributed by atoms with Crippen molar-refractivity contribution in [3.63, 3.8) is 0 Å². The molecule has 0 spiro atoms. The molecule has 0 atom stereocenters. The molecule has 2 aromatic carbocycles. The van der Waals surface area contributed by atoms with Crippen LogP contribution in [0.5, 0.6) is 0 Å². The number of aliphatic carboxylic acids is 1. The van der Waals surface area contributed by atoms with Gasteiger partial charge in [-0.15, -0.1) is 0 Å². The first kappa shape index (κ1) is 17.0. The number of carboxylic acids is 1. The van der Waals surface area contributed by atoms with Crippen LogP contribution in [0, 0.1) is 0 Å². The van der Waals surface area contributed by atoms with Crippen LogP contribution in [0.3, 0.4) is 0 Å². The SMILES string of the molecule is Cn1c(CC(=O)O)ccc1C(=O)c1ccc(-c2ccc(Cl)cc2)cc1. The van der Waals surface area contributed by atoms with Crippen molar-refractivity contribution in [2.45, 2.75) is 6.42 Å². The fourth-order valence-electron chi connectivity index (χ4n) is 2.72. The molecule has 126 valence electrons. The molecule has 3 aromatic rings. The van der Waals surface area contributed by atoms with Gasteiger partial charge in [-0.2, -0.15) is 0 Å². The van der Waals surface area contributed by atoms with Gasteiger partial charge in [0.05, 0.1) is 12.1 Å². The average Bonchev–Trinajstić information content (AvgIpc) is 2.95. The third-order valence-corrected chi connectivity index (χ3v) is 4.37. The van der Waals surface area contributed by atoms with E-state index in [-0.39, 0.29) is 12.2 Å². The Kier molecular flexibility index (Phi) is 4.72. The quantitative estimate of drug-likeness (QED) is 0.699. The van der Waals surface area contributed by atoms with Gasteiger partial charge in [0.15, 0.2) is 0 Å². The molecular weight excluding hydrogens is 338 g/mol. The summed E-state index contributed by atoms with van der Waals surface area (Å²) in [6.45, 7) is 0. The average molecular weight is 354 g/mol. The van der Waals surface area contributed by atoms with Crippen LogP contribution in [0.2, 0.25) is 5.02 Å². The van der Waals surface area contributed by atoms with Gasteiger partial charge in [-0.1, -0.05) is 48.0 Å². The standard InChI is InChI=1S/C20H16ClNO3/c1-22-17(12-19(23)24)10-11-18(22)20(25)15-4-2-13(3-5-15)14-6-8-16(21)9-7-14/h2-11H,12H2,1H3,(H,23,24). The summed E-state index contributed by atoms with van der Waals surface area (Å²) in [4.78, 5) is 23.5. The Bertz CT molecular complexity index is 925. The first-order valence-electron chi connectivity index (χ1n) is 7.73. The monoisotopic (exact) mass is 353 g/mol. The van der Waals surface area contributed by atoms with Gasteiger partial charge >= 0.3 is 5.97 Å². The van der Waals surface area contributed by atoms with Crippen LogP contribution in [0.1, 0.15) is 21.7 Å². The Hall–Kier alpha value is -2.85. The zero-order valence-corrected chi connectivity index (χ0v) is 14.3. The highest BCUT2D eigenvalue weighted by Crippen LogP contribution is 2.23. The molecular formula is C20H16ClNO3. The predicted molar refractivity (Wildman–Crippen MR) is 97.1 cm³/mol. The minimum atomic E-state index is -0.924. The molecule has 0 saturated carbocycles. The summed E-state index contributed by atoms with van der Waals surface area (Å²) in [5.74, 6) is -1.06. The van der Waals surface area contributed by atoms with Crippen LogP contribution >= 0.6 is 11.6 Å². The van der Waals surface area contributed by atoms with Gasteiger partial charge in [0.25, 0.3) is 0 Å². The Morgan fingerprint density at radius 3 is 2.04 bits per heavy atom. The van der Waals surface area contributed by atoms with Crippen molar-refractivity contribution in [1.29, 1.82) is 0 Å². The van der Waals surface area contributed by atoms with Crippen LogP contribution < -0.4 is 0 Å². The Balaban J connectivity index is 1.85. The highest BCUT2D eigenvalue weighted by molar-refractivity contribution is 6.30. The fourth-order valence-corrected chi connectivity index (χ4v) is 2.84. The molecule has 0 fully saturated rings. The Morgan fingerprint density at radius 2 is 1.48 bits per heavy atom. The molecule has 3 rings (SSSR count). The van der Waals surface area contributed by atoms with Crippen molar-refractivity contribution >= 4 is 23.4 Å². The molecule has 0 radical (unpaired) electrons. The molecule has 0 saturated heterocycles. The lowest BCUT2D eigenvalue weighted by Crippen LogP contribution is -2.11. The number of rotatable bonds is 5. The van der Waals surface area contributed by atoms with Crippen molar-refractivity contribution in [3.05, 3.63) is 82.6 Å². The summed E-state index contributed by atoms with van der Waals surface area (Å²) in [6, 6.07) is 18.1. The fraction of sp³-hybridized carbons (Fsp3) is 0.100. The molecule has 1 aromatic heterocycles. The molecule has 5 heteroatoms. The van der Waals surface area contributed by atoms with Gasteiger partial charge in [0, 0.05) is 23.3 Å². The first-order valence-corrected chi connectivity index (χ1v) is 8.10. The minimum Gasteiger partial charge on any atom is -0.481 e. The van der Waals surface area contributed by atoms with Crippen molar-refractivity contribution in [3.8, 4) is 11.1 Å². The number of aromatic nitrogens is 1. The molecule has 0 unspecified atom stereocenters. The summed E-state index contributed by atoms with van der Waals surface area (Å²) in [6.07, 6.45) is -0.112. The largest absolute Gasteiger partial charge is 0.481 e. The lowest BCUT2D eigenvalue weighted by molar-refractivity contribution is -0.136. The van der Waals surface area contributed by atoms with E-state index in [1.54, 1.807) is 35.9 Å². The van der Waals surface area contributed by atoms with E-state index in [4.69, 9.17) is 16.7 Å². The lowest BCUT2D eigenvalue weighted by Gasteiger charge is -2.07. The number of hydrogen-bond acceptors (Lipinski definition) is 2. The van der Waals surface area contributed by atoms with Crippen molar-refractivity contribution in [1.82, 2.24) is 4.57 Å². The van der Waals surface area contributed by atoms with Gasteiger partial charge in [-0.05, 0) is 35.4 Å². The zero-order valence-electron chi connectivity index (χ0n) is 13.6. The van der Waals surface area contributed by atoms with Crippen LogP contribution in [0.15, 0.2) is 60.7 Å². The summed E-state index contributed by atoms with van der Waals surface area (Å²) >= 11 is 5.90. The second-order valence-electron chi connectivity index (χ2n) is 5.75. The maximum atomic E-state index is 12.7.